The van der Waals surface area contributed by atoms with Gasteiger partial charge in [-0.15, -0.1) is 0 Å². The molecule has 0 aliphatic heterocycles. The molecule has 2 aromatic rings. The Balaban J connectivity index is 2.36. The van der Waals surface area contributed by atoms with Crippen molar-refractivity contribution in [2.75, 3.05) is 37.5 Å². The van der Waals surface area contributed by atoms with Gasteiger partial charge in [-0.2, -0.15) is 0 Å². The normalized spacial score (nSPS) is 11.0. The number of hydrogen-bond donors (Lipinski definition) is 2. The van der Waals surface area contributed by atoms with Crippen molar-refractivity contribution in [3.63, 3.8) is 0 Å². The van der Waals surface area contributed by atoms with Crippen molar-refractivity contribution in [3.8, 4) is 5.75 Å². The second kappa shape index (κ2) is 10.3. The van der Waals surface area contributed by atoms with Gasteiger partial charge in [0.05, 0.1) is 11.6 Å². The van der Waals surface area contributed by atoms with Crippen LogP contribution in [0.5, 0.6) is 5.75 Å². The highest BCUT2D eigenvalue weighted by molar-refractivity contribution is 6.30. The minimum absolute atomic E-state index is 0.00394. The fourth-order valence-corrected chi connectivity index (χ4v) is 2.89. The number of carbonyl (C=O) groups excluding carboxylic acids is 1. The van der Waals surface area contributed by atoms with Gasteiger partial charge in [0.25, 0.3) is 11.5 Å². The summed E-state index contributed by atoms with van der Waals surface area (Å²) < 4.78 is 24.9. The molecule has 1 amide bonds. The van der Waals surface area contributed by atoms with Crippen molar-refractivity contribution in [1.82, 2.24) is 9.55 Å². The Morgan fingerprint density at radius 2 is 2.07 bits per heavy atom. The van der Waals surface area contributed by atoms with E-state index in [0.717, 1.165) is 11.0 Å². The number of H-pyrrole nitrogens is 1. The standard InChI is InChI=1S/C19H24ClFN4O5/c1-11(2)9-25-17(22)16(18(27)23-19(25)28)24(6-7-29-3)15(26)10-30-12-4-5-14(21)13(20)8-12/h4-5,8,11H,6-7,9-10,22H2,1-3H3,(H,23,27,28). The third-order valence-electron chi connectivity index (χ3n) is 4.11. The molecule has 0 saturated heterocycles. The number of nitrogens with one attached hydrogen (secondary N) is 1. The average Bonchev–Trinajstić information content (AvgIpc) is 2.68. The molecule has 0 aliphatic rings. The predicted octanol–water partition coefficient (Wildman–Crippen LogP) is 1.63. The van der Waals surface area contributed by atoms with Crippen molar-refractivity contribution in [1.29, 1.82) is 0 Å². The molecule has 0 saturated carbocycles. The van der Waals surface area contributed by atoms with Gasteiger partial charge in [-0.05, 0) is 18.1 Å². The summed E-state index contributed by atoms with van der Waals surface area (Å²) in [7, 11) is 1.44. The summed E-state index contributed by atoms with van der Waals surface area (Å²) in [4.78, 5) is 40.8. The summed E-state index contributed by atoms with van der Waals surface area (Å²) in [5.41, 5.74) is 4.47. The number of methoxy groups -OCH3 is 1. The molecule has 0 unspecified atom stereocenters. The van der Waals surface area contributed by atoms with E-state index in [1.54, 1.807) is 0 Å². The van der Waals surface area contributed by atoms with Crippen LogP contribution in [0, 0.1) is 11.7 Å². The molecule has 0 radical (unpaired) electrons. The Morgan fingerprint density at radius 1 is 1.37 bits per heavy atom. The number of nitrogen functional groups attached to an aromatic ring is 1. The van der Waals surface area contributed by atoms with Crippen LogP contribution in [0.3, 0.4) is 0 Å². The first-order valence-corrected chi connectivity index (χ1v) is 9.53. The van der Waals surface area contributed by atoms with Gasteiger partial charge in [-0.25, -0.2) is 9.18 Å². The van der Waals surface area contributed by atoms with Gasteiger partial charge in [0.2, 0.25) is 0 Å². The van der Waals surface area contributed by atoms with E-state index in [-0.39, 0.29) is 47.9 Å². The van der Waals surface area contributed by atoms with Gasteiger partial charge in [0.15, 0.2) is 12.3 Å². The number of benzene rings is 1. The highest BCUT2D eigenvalue weighted by Gasteiger charge is 2.25. The zero-order chi connectivity index (χ0) is 22.4. The molecule has 30 heavy (non-hydrogen) atoms. The van der Waals surface area contributed by atoms with Crippen LogP contribution in [0.2, 0.25) is 5.02 Å². The van der Waals surface area contributed by atoms with E-state index in [2.05, 4.69) is 4.98 Å². The number of nitrogens with two attached hydrogens (primary N) is 1. The quantitative estimate of drug-likeness (QED) is 0.609. The number of carbonyl (C=O) groups is 1. The van der Waals surface area contributed by atoms with Crippen LogP contribution in [0.25, 0.3) is 0 Å². The van der Waals surface area contributed by atoms with Crippen LogP contribution >= 0.6 is 11.6 Å². The molecule has 0 bridgehead atoms. The maximum absolute atomic E-state index is 13.3. The van der Waals surface area contributed by atoms with E-state index in [9.17, 15) is 18.8 Å². The molecule has 2 rings (SSSR count). The van der Waals surface area contributed by atoms with Crippen molar-refractivity contribution in [2.45, 2.75) is 20.4 Å². The summed E-state index contributed by atoms with van der Waals surface area (Å²) in [5.74, 6) is -1.12. The summed E-state index contributed by atoms with van der Waals surface area (Å²) in [6.45, 7) is 3.64. The van der Waals surface area contributed by atoms with E-state index >= 15 is 0 Å². The molecule has 0 fully saturated rings. The minimum Gasteiger partial charge on any atom is -0.484 e. The minimum atomic E-state index is -0.799. The number of aromatic nitrogens is 2. The largest absolute Gasteiger partial charge is 0.484 e. The zero-order valence-corrected chi connectivity index (χ0v) is 17.7. The van der Waals surface area contributed by atoms with Crippen LogP contribution in [-0.2, 0) is 16.1 Å². The number of nitrogens with zero attached hydrogens (tertiary/aromatic N) is 2. The number of amides is 1. The van der Waals surface area contributed by atoms with Gasteiger partial charge in [-0.1, -0.05) is 25.4 Å². The third kappa shape index (κ3) is 5.61. The summed E-state index contributed by atoms with van der Waals surface area (Å²) in [6, 6.07) is 3.65. The van der Waals surface area contributed by atoms with E-state index in [4.69, 9.17) is 26.8 Å². The third-order valence-corrected chi connectivity index (χ3v) is 4.39. The highest BCUT2D eigenvalue weighted by atomic mass is 35.5. The molecular formula is C19H24ClFN4O5. The van der Waals surface area contributed by atoms with Crippen LogP contribution in [0.1, 0.15) is 13.8 Å². The van der Waals surface area contributed by atoms with E-state index in [1.807, 2.05) is 13.8 Å². The fraction of sp³-hybridized carbons (Fsp3) is 0.421. The maximum Gasteiger partial charge on any atom is 0.330 e. The van der Waals surface area contributed by atoms with E-state index in [0.29, 0.717) is 0 Å². The van der Waals surface area contributed by atoms with Gasteiger partial charge in [0.1, 0.15) is 17.4 Å². The van der Waals surface area contributed by atoms with Crippen LogP contribution in [0.4, 0.5) is 15.9 Å². The van der Waals surface area contributed by atoms with Crippen molar-refractivity contribution in [3.05, 3.63) is 49.9 Å². The zero-order valence-electron chi connectivity index (χ0n) is 16.9. The lowest BCUT2D eigenvalue weighted by Gasteiger charge is -2.24. The first kappa shape index (κ1) is 23.4. The molecule has 3 N–H and O–H groups in total. The molecule has 1 heterocycles. The molecule has 11 heteroatoms. The van der Waals surface area contributed by atoms with E-state index < -0.39 is 29.6 Å². The van der Waals surface area contributed by atoms with Crippen molar-refractivity contribution < 1.29 is 18.7 Å². The number of halogens is 2. The number of hydrogen-bond acceptors (Lipinski definition) is 6. The number of aromatic amines is 1. The Kier molecular flexibility index (Phi) is 8.01. The number of ether oxygens (including phenoxy) is 2. The molecule has 1 aromatic carbocycles. The van der Waals surface area contributed by atoms with E-state index in [1.165, 1.54) is 23.8 Å². The lowest BCUT2D eigenvalue weighted by molar-refractivity contribution is -0.120. The first-order valence-electron chi connectivity index (χ1n) is 9.15. The maximum atomic E-state index is 13.3. The molecule has 0 spiro atoms. The SMILES string of the molecule is COCCN(C(=O)COc1ccc(F)c(Cl)c1)c1c(N)n(CC(C)C)c(=O)[nH]c1=O. The summed E-state index contributed by atoms with van der Waals surface area (Å²) in [6.07, 6.45) is 0. The second-order valence-corrected chi connectivity index (χ2v) is 7.31. The van der Waals surface area contributed by atoms with Crippen LogP contribution in [0.15, 0.2) is 27.8 Å². The topological polar surface area (TPSA) is 120 Å². The van der Waals surface area contributed by atoms with Gasteiger partial charge in [0, 0.05) is 26.3 Å². The summed E-state index contributed by atoms with van der Waals surface area (Å²) in [5, 5.41) is -0.155. The molecule has 164 valence electrons. The molecule has 0 atom stereocenters. The Labute approximate surface area is 177 Å². The second-order valence-electron chi connectivity index (χ2n) is 6.90. The fourth-order valence-electron chi connectivity index (χ4n) is 2.72. The molecule has 1 aromatic heterocycles. The monoisotopic (exact) mass is 442 g/mol. The predicted molar refractivity (Wildman–Crippen MR) is 112 cm³/mol. The van der Waals surface area contributed by atoms with Crippen molar-refractivity contribution >= 4 is 29.0 Å². The van der Waals surface area contributed by atoms with Gasteiger partial charge in [-0.3, -0.25) is 24.0 Å². The smallest absolute Gasteiger partial charge is 0.330 e. The number of rotatable bonds is 9. The van der Waals surface area contributed by atoms with Crippen LogP contribution < -0.4 is 26.6 Å². The highest BCUT2D eigenvalue weighted by Crippen LogP contribution is 2.22. The summed E-state index contributed by atoms with van der Waals surface area (Å²) >= 11 is 5.71. The van der Waals surface area contributed by atoms with Crippen LogP contribution in [-0.4, -0.2) is 42.3 Å². The first-order chi connectivity index (χ1) is 14.1. The molecule has 0 aliphatic carbocycles. The lowest BCUT2D eigenvalue weighted by Crippen LogP contribution is -2.44. The molecular weight excluding hydrogens is 419 g/mol. The molecule has 9 nitrogen and oxygen atoms in total. The van der Waals surface area contributed by atoms with Crippen molar-refractivity contribution in [2.24, 2.45) is 5.92 Å². The lowest BCUT2D eigenvalue weighted by atomic mass is 10.2. The Morgan fingerprint density at radius 3 is 2.67 bits per heavy atom. The average molecular weight is 443 g/mol. The van der Waals surface area contributed by atoms with Gasteiger partial charge < -0.3 is 15.2 Å². The number of anilines is 2. The Hall–Kier alpha value is -2.85. The Bertz CT molecular complexity index is 1020. The van der Waals surface area contributed by atoms with Gasteiger partial charge >= 0.3 is 5.69 Å².